The van der Waals surface area contributed by atoms with Crippen LogP contribution in [-0.2, 0) is 4.79 Å². The highest BCUT2D eigenvalue weighted by Gasteiger charge is 2.30. The number of carbonyl (C=O) groups is 1. The largest absolute Gasteiger partial charge is 0.394 e. The number of carbonyl (C=O) groups excluding carboxylic acids is 1. The summed E-state index contributed by atoms with van der Waals surface area (Å²) in [6.07, 6.45) is 0.560. The fourth-order valence-electron chi connectivity index (χ4n) is 1.21. The van der Waals surface area contributed by atoms with Crippen LogP contribution in [0.2, 0.25) is 0 Å². The number of likely N-dealkylation sites (tertiary alicyclic amines) is 1. The maximum Gasteiger partial charge on any atom is 0.224 e. The molecule has 1 saturated heterocycles. The maximum absolute atomic E-state index is 11.2. The molecule has 0 aromatic carbocycles. The first-order chi connectivity index (χ1) is 5.15. The first-order valence-electron chi connectivity index (χ1n) is 3.69. The Labute approximate surface area is 74.5 Å². The van der Waals surface area contributed by atoms with E-state index in [0.717, 1.165) is 6.54 Å². The van der Waals surface area contributed by atoms with Crippen LogP contribution in [-0.4, -0.2) is 39.9 Å². The third-order valence-corrected chi connectivity index (χ3v) is 2.52. The van der Waals surface area contributed by atoms with Crippen LogP contribution < -0.4 is 0 Å². The number of amides is 1. The summed E-state index contributed by atoms with van der Waals surface area (Å²) in [7, 11) is 0. The second-order valence-corrected chi connectivity index (χ2v) is 4.17. The lowest BCUT2D eigenvalue weighted by molar-refractivity contribution is -0.130. The molecule has 64 valence electrons. The van der Waals surface area contributed by atoms with Crippen molar-refractivity contribution in [1.82, 2.24) is 4.90 Å². The summed E-state index contributed by atoms with van der Waals surface area (Å²) in [6, 6.07) is -0.0370. The lowest BCUT2D eigenvalue weighted by Gasteiger charge is -2.21. The summed E-state index contributed by atoms with van der Waals surface area (Å²) in [4.78, 5) is 13.1. The predicted molar refractivity (Wildman–Crippen MR) is 45.6 cm³/mol. The summed E-state index contributed by atoms with van der Waals surface area (Å²) >= 11 is 3.37. The minimum Gasteiger partial charge on any atom is -0.394 e. The summed E-state index contributed by atoms with van der Waals surface area (Å²) in [5, 5.41) is 8.79. The van der Waals surface area contributed by atoms with Crippen LogP contribution in [0, 0.1) is 0 Å². The smallest absolute Gasteiger partial charge is 0.224 e. The lowest BCUT2D eigenvalue weighted by atomic mass is 10.3. The Balaban J connectivity index is 2.52. The van der Waals surface area contributed by atoms with Crippen molar-refractivity contribution in [2.75, 3.05) is 13.2 Å². The van der Waals surface area contributed by atoms with Gasteiger partial charge in [0.25, 0.3) is 0 Å². The number of rotatable bonds is 2. The average Bonchev–Trinajstić information content (AvgIpc) is 2.28. The minimum absolute atomic E-state index is 0.0370. The zero-order chi connectivity index (χ0) is 8.43. The van der Waals surface area contributed by atoms with Crippen molar-refractivity contribution in [1.29, 1.82) is 0 Å². The van der Waals surface area contributed by atoms with E-state index in [-0.39, 0.29) is 23.4 Å². The van der Waals surface area contributed by atoms with Crippen LogP contribution in [0.25, 0.3) is 0 Å². The molecular weight excluding hydrogens is 210 g/mol. The van der Waals surface area contributed by atoms with Gasteiger partial charge in [0.05, 0.1) is 12.6 Å². The van der Waals surface area contributed by atoms with E-state index in [1.807, 2.05) is 6.92 Å². The monoisotopic (exact) mass is 221 g/mol. The third kappa shape index (κ3) is 1.93. The van der Waals surface area contributed by atoms with Crippen molar-refractivity contribution in [2.45, 2.75) is 24.2 Å². The highest BCUT2D eigenvalue weighted by Crippen LogP contribution is 2.19. The van der Waals surface area contributed by atoms with E-state index < -0.39 is 0 Å². The Morgan fingerprint density at radius 2 is 2.55 bits per heavy atom. The molecule has 0 radical (unpaired) electrons. The van der Waals surface area contributed by atoms with E-state index in [1.54, 1.807) is 4.90 Å². The van der Waals surface area contributed by atoms with Gasteiger partial charge < -0.3 is 10.0 Å². The quantitative estimate of drug-likeness (QED) is 0.685. The van der Waals surface area contributed by atoms with Gasteiger partial charge in [-0.15, -0.1) is 0 Å². The zero-order valence-corrected chi connectivity index (χ0v) is 8.04. The van der Waals surface area contributed by atoms with Crippen molar-refractivity contribution >= 4 is 21.8 Å². The molecule has 0 aromatic rings. The van der Waals surface area contributed by atoms with Gasteiger partial charge in [-0.05, 0) is 6.92 Å². The van der Waals surface area contributed by atoms with Gasteiger partial charge in [0, 0.05) is 17.8 Å². The molecule has 0 aromatic heterocycles. The normalized spacial score (nSPS) is 27.7. The highest BCUT2D eigenvalue weighted by molar-refractivity contribution is 9.09. The summed E-state index contributed by atoms with van der Waals surface area (Å²) in [6.45, 7) is 2.62. The summed E-state index contributed by atoms with van der Waals surface area (Å²) in [5.74, 6) is 0.133. The van der Waals surface area contributed by atoms with Crippen LogP contribution in [0.1, 0.15) is 13.3 Å². The number of aliphatic hydroxyl groups is 1. The number of alkyl halides is 1. The molecule has 0 aliphatic carbocycles. The van der Waals surface area contributed by atoms with E-state index in [4.69, 9.17) is 5.11 Å². The molecule has 1 heterocycles. The van der Waals surface area contributed by atoms with Crippen molar-refractivity contribution in [3.05, 3.63) is 0 Å². The van der Waals surface area contributed by atoms with E-state index in [0.29, 0.717) is 6.42 Å². The van der Waals surface area contributed by atoms with Crippen LogP contribution in [0.5, 0.6) is 0 Å². The number of hydrogen-bond donors (Lipinski definition) is 1. The minimum atomic E-state index is -0.0370. The van der Waals surface area contributed by atoms with Gasteiger partial charge >= 0.3 is 0 Å². The molecule has 2 atom stereocenters. The molecule has 0 bridgehead atoms. The highest BCUT2D eigenvalue weighted by atomic mass is 79.9. The Morgan fingerprint density at radius 1 is 1.91 bits per heavy atom. The van der Waals surface area contributed by atoms with Crippen molar-refractivity contribution in [3.63, 3.8) is 0 Å². The number of halogens is 1. The second-order valence-electron chi connectivity index (χ2n) is 2.88. The zero-order valence-electron chi connectivity index (χ0n) is 6.46. The molecule has 1 aliphatic heterocycles. The Kier molecular flexibility index (Phi) is 2.90. The van der Waals surface area contributed by atoms with Crippen molar-refractivity contribution < 1.29 is 9.90 Å². The number of aliphatic hydroxyl groups excluding tert-OH is 1. The molecule has 1 amide bonds. The maximum atomic E-state index is 11.2. The van der Waals surface area contributed by atoms with E-state index in [2.05, 4.69) is 15.9 Å². The van der Waals surface area contributed by atoms with Gasteiger partial charge in [-0.1, -0.05) is 15.9 Å². The molecule has 4 heteroatoms. The van der Waals surface area contributed by atoms with Gasteiger partial charge in [-0.25, -0.2) is 0 Å². The van der Waals surface area contributed by atoms with Gasteiger partial charge in [0.2, 0.25) is 5.91 Å². The van der Waals surface area contributed by atoms with Crippen LogP contribution >= 0.6 is 15.9 Å². The van der Waals surface area contributed by atoms with Gasteiger partial charge in [0.15, 0.2) is 0 Å². The first kappa shape index (κ1) is 9.00. The molecule has 1 fully saturated rings. The standard InChI is InChI=1S/C7H12BrNO2/c1-5(4-10)9-3-6(8)2-7(9)11/h5-6,10H,2-4H2,1H3/t5-,6?/m0/s1. The Bertz CT molecular complexity index is 163. The number of nitrogens with zero attached hydrogens (tertiary/aromatic N) is 1. The molecule has 3 nitrogen and oxygen atoms in total. The molecule has 1 N–H and O–H groups in total. The molecule has 1 unspecified atom stereocenters. The number of hydrogen-bond acceptors (Lipinski definition) is 2. The van der Waals surface area contributed by atoms with Gasteiger partial charge in [-0.2, -0.15) is 0 Å². The molecule has 1 aliphatic rings. The Morgan fingerprint density at radius 3 is 2.91 bits per heavy atom. The van der Waals surface area contributed by atoms with Crippen molar-refractivity contribution in [3.8, 4) is 0 Å². The van der Waals surface area contributed by atoms with Crippen LogP contribution in [0.3, 0.4) is 0 Å². The van der Waals surface area contributed by atoms with Gasteiger partial charge in [0.1, 0.15) is 0 Å². The predicted octanol–water partition coefficient (Wildman–Crippen LogP) is 0.363. The van der Waals surface area contributed by atoms with Crippen LogP contribution in [0.4, 0.5) is 0 Å². The molecule has 0 saturated carbocycles. The fourth-order valence-corrected chi connectivity index (χ4v) is 1.80. The fraction of sp³-hybridized carbons (Fsp3) is 0.857. The first-order valence-corrected chi connectivity index (χ1v) is 4.61. The van der Waals surface area contributed by atoms with E-state index >= 15 is 0 Å². The third-order valence-electron chi connectivity index (χ3n) is 1.91. The SMILES string of the molecule is C[C@@H](CO)N1CC(Br)CC1=O. The van der Waals surface area contributed by atoms with E-state index in [9.17, 15) is 4.79 Å². The molecule has 11 heavy (non-hydrogen) atoms. The van der Waals surface area contributed by atoms with Gasteiger partial charge in [-0.3, -0.25) is 4.79 Å². The van der Waals surface area contributed by atoms with Crippen molar-refractivity contribution in [2.24, 2.45) is 0 Å². The molecule has 0 spiro atoms. The average molecular weight is 222 g/mol. The lowest BCUT2D eigenvalue weighted by Crippen LogP contribution is -2.36. The topological polar surface area (TPSA) is 40.5 Å². The molecule has 1 rings (SSSR count). The Hall–Kier alpha value is -0.0900. The van der Waals surface area contributed by atoms with Crippen LogP contribution in [0.15, 0.2) is 0 Å². The second kappa shape index (κ2) is 3.54. The molecular formula is C7H12BrNO2. The summed E-state index contributed by atoms with van der Waals surface area (Å²) in [5.41, 5.74) is 0. The summed E-state index contributed by atoms with van der Waals surface area (Å²) < 4.78 is 0. The van der Waals surface area contributed by atoms with E-state index in [1.165, 1.54) is 0 Å².